The maximum Gasteiger partial charge on any atom is 0.123 e. The summed E-state index contributed by atoms with van der Waals surface area (Å²) < 4.78 is 27.3. The summed E-state index contributed by atoms with van der Waals surface area (Å²) in [5.41, 5.74) is 6.83. The average Bonchev–Trinajstić information content (AvgIpc) is 2.98. The summed E-state index contributed by atoms with van der Waals surface area (Å²) in [6, 6.07) is 10.0. The van der Waals surface area contributed by atoms with Crippen molar-refractivity contribution >= 4 is 12.2 Å². The Morgan fingerprint density at radius 2 is 1.17 bits per heavy atom. The van der Waals surface area contributed by atoms with Gasteiger partial charge in [-0.15, -0.1) is 0 Å². The lowest BCUT2D eigenvalue weighted by Gasteiger charge is -2.22. The van der Waals surface area contributed by atoms with Crippen LogP contribution in [-0.2, 0) is 0 Å². The van der Waals surface area contributed by atoms with Crippen LogP contribution in [0.2, 0.25) is 0 Å². The Labute approximate surface area is 135 Å². The average molecular weight is 308 g/mol. The maximum absolute atomic E-state index is 13.7. The Hall–Kier alpha value is -2.22. The summed E-state index contributed by atoms with van der Waals surface area (Å²) in [6.07, 6.45) is 5.14. The predicted molar refractivity (Wildman–Crippen MR) is 90.2 cm³/mol. The topological polar surface area (TPSA) is 0 Å². The monoisotopic (exact) mass is 308 g/mol. The van der Waals surface area contributed by atoms with E-state index in [1.807, 2.05) is 12.1 Å². The number of benzene rings is 2. The standard InChI is InChI=1S/C21H18F2/c1-12-7-14-3-5-16(22)9-20(14)18(12)11-19-13(2)8-15-4-6-17(23)10-21(15)19/h3-10,18-19H,11H2,1-2H3. The Balaban J connectivity index is 1.71. The summed E-state index contributed by atoms with van der Waals surface area (Å²) in [7, 11) is 0. The van der Waals surface area contributed by atoms with Crippen molar-refractivity contribution in [3.05, 3.63) is 81.4 Å². The van der Waals surface area contributed by atoms with Gasteiger partial charge in [-0.25, -0.2) is 8.78 Å². The molecule has 2 aromatic carbocycles. The highest BCUT2D eigenvalue weighted by molar-refractivity contribution is 5.69. The SMILES string of the molecule is CC1=Cc2ccc(F)cc2C1CC1C(C)=Cc2ccc(F)cc21. The van der Waals surface area contributed by atoms with Crippen LogP contribution in [0.15, 0.2) is 47.5 Å². The number of fused-ring (bicyclic) bond motifs is 2. The lowest BCUT2D eigenvalue weighted by molar-refractivity contribution is 0.603. The molecule has 0 fully saturated rings. The molecule has 0 amide bonds. The first-order valence-electron chi connectivity index (χ1n) is 7.98. The fourth-order valence-electron chi connectivity index (χ4n) is 4.00. The zero-order valence-electron chi connectivity index (χ0n) is 13.2. The highest BCUT2D eigenvalue weighted by Gasteiger charge is 2.30. The summed E-state index contributed by atoms with van der Waals surface area (Å²) in [5.74, 6) is 0.00972. The van der Waals surface area contributed by atoms with Crippen LogP contribution in [-0.4, -0.2) is 0 Å². The number of hydrogen-bond donors (Lipinski definition) is 0. The Bertz CT molecular complexity index is 787. The van der Waals surface area contributed by atoms with Crippen LogP contribution in [0.4, 0.5) is 8.78 Å². The van der Waals surface area contributed by atoms with Crippen LogP contribution >= 0.6 is 0 Å². The van der Waals surface area contributed by atoms with E-state index in [0.29, 0.717) is 0 Å². The summed E-state index contributed by atoms with van der Waals surface area (Å²) in [5, 5.41) is 0. The van der Waals surface area contributed by atoms with Crippen molar-refractivity contribution in [3.63, 3.8) is 0 Å². The van der Waals surface area contributed by atoms with Gasteiger partial charge in [0.25, 0.3) is 0 Å². The molecule has 0 N–H and O–H groups in total. The molecular weight excluding hydrogens is 290 g/mol. The second-order valence-corrected chi connectivity index (χ2v) is 6.66. The van der Waals surface area contributed by atoms with Gasteiger partial charge in [0.15, 0.2) is 0 Å². The molecule has 0 spiro atoms. The molecule has 2 aliphatic carbocycles. The van der Waals surface area contributed by atoms with Crippen LogP contribution < -0.4 is 0 Å². The number of hydrogen-bond acceptors (Lipinski definition) is 0. The molecule has 0 saturated carbocycles. The van der Waals surface area contributed by atoms with Gasteiger partial charge in [-0.1, -0.05) is 35.4 Å². The molecular formula is C21H18F2. The molecule has 116 valence electrons. The van der Waals surface area contributed by atoms with Crippen LogP contribution in [0.3, 0.4) is 0 Å². The molecule has 0 aliphatic heterocycles. The molecule has 0 aromatic heterocycles. The van der Waals surface area contributed by atoms with Gasteiger partial charge in [-0.05, 0) is 66.8 Å². The summed E-state index contributed by atoms with van der Waals surface area (Å²) in [4.78, 5) is 0. The predicted octanol–water partition coefficient (Wildman–Crippen LogP) is 6.06. The largest absolute Gasteiger partial charge is 0.207 e. The van der Waals surface area contributed by atoms with Gasteiger partial charge in [0.05, 0.1) is 0 Å². The van der Waals surface area contributed by atoms with Gasteiger partial charge in [0, 0.05) is 11.8 Å². The van der Waals surface area contributed by atoms with E-state index >= 15 is 0 Å². The summed E-state index contributed by atoms with van der Waals surface area (Å²) >= 11 is 0. The van der Waals surface area contributed by atoms with E-state index in [1.165, 1.54) is 23.3 Å². The van der Waals surface area contributed by atoms with E-state index < -0.39 is 0 Å². The van der Waals surface area contributed by atoms with Crippen LogP contribution in [0, 0.1) is 11.6 Å². The third-order valence-corrected chi connectivity index (χ3v) is 5.19. The fourth-order valence-corrected chi connectivity index (χ4v) is 4.00. The van der Waals surface area contributed by atoms with E-state index in [9.17, 15) is 8.78 Å². The first-order valence-corrected chi connectivity index (χ1v) is 7.98. The fraction of sp³-hybridized carbons (Fsp3) is 0.238. The van der Waals surface area contributed by atoms with Gasteiger partial charge >= 0.3 is 0 Å². The van der Waals surface area contributed by atoms with E-state index in [2.05, 4.69) is 26.0 Å². The van der Waals surface area contributed by atoms with Gasteiger partial charge in [0.2, 0.25) is 0 Å². The molecule has 0 bridgehead atoms. The molecule has 2 unspecified atom stereocenters. The summed E-state index contributed by atoms with van der Waals surface area (Å²) in [6.45, 7) is 4.20. The Kier molecular flexibility index (Phi) is 3.22. The number of rotatable bonds is 2. The minimum absolute atomic E-state index is 0.193. The minimum Gasteiger partial charge on any atom is -0.207 e. The molecule has 0 heterocycles. The highest BCUT2D eigenvalue weighted by atomic mass is 19.1. The van der Waals surface area contributed by atoms with Gasteiger partial charge in [-0.2, -0.15) is 0 Å². The van der Waals surface area contributed by atoms with Crippen LogP contribution in [0.5, 0.6) is 0 Å². The molecule has 2 atom stereocenters. The van der Waals surface area contributed by atoms with Gasteiger partial charge < -0.3 is 0 Å². The molecule has 2 aliphatic rings. The van der Waals surface area contributed by atoms with E-state index in [1.54, 1.807) is 12.1 Å². The molecule has 23 heavy (non-hydrogen) atoms. The van der Waals surface area contributed by atoms with E-state index in [4.69, 9.17) is 0 Å². The van der Waals surface area contributed by atoms with Crippen molar-refractivity contribution in [2.24, 2.45) is 0 Å². The van der Waals surface area contributed by atoms with Crippen molar-refractivity contribution < 1.29 is 8.78 Å². The van der Waals surface area contributed by atoms with Crippen molar-refractivity contribution in [1.29, 1.82) is 0 Å². The van der Waals surface area contributed by atoms with Crippen molar-refractivity contribution in [2.45, 2.75) is 32.1 Å². The van der Waals surface area contributed by atoms with E-state index in [0.717, 1.165) is 28.7 Å². The third kappa shape index (κ3) is 2.33. The van der Waals surface area contributed by atoms with Gasteiger partial charge in [-0.3, -0.25) is 0 Å². The first kappa shape index (κ1) is 14.4. The van der Waals surface area contributed by atoms with Crippen LogP contribution in [0.1, 0.15) is 54.4 Å². The second kappa shape index (κ2) is 5.16. The van der Waals surface area contributed by atoms with Crippen molar-refractivity contribution in [1.82, 2.24) is 0 Å². The zero-order chi connectivity index (χ0) is 16.1. The quantitative estimate of drug-likeness (QED) is 0.633. The van der Waals surface area contributed by atoms with E-state index in [-0.39, 0.29) is 23.5 Å². The maximum atomic E-state index is 13.7. The molecule has 4 rings (SSSR count). The highest BCUT2D eigenvalue weighted by Crippen LogP contribution is 2.47. The second-order valence-electron chi connectivity index (χ2n) is 6.66. The Morgan fingerprint density at radius 3 is 1.61 bits per heavy atom. The molecule has 2 heteroatoms. The lowest BCUT2D eigenvalue weighted by Crippen LogP contribution is -2.06. The lowest BCUT2D eigenvalue weighted by atomic mass is 9.82. The Morgan fingerprint density at radius 1 is 0.739 bits per heavy atom. The van der Waals surface area contributed by atoms with Crippen LogP contribution in [0.25, 0.3) is 12.2 Å². The first-order chi connectivity index (χ1) is 11.0. The molecule has 0 nitrogen and oxygen atoms in total. The minimum atomic E-state index is -0.193. The molecule has 0 saturated heterocycles. The molecule has 0 radical (unpaired) electrons. The smallest absolute Gasteiger partial charge is 0.123 e. The van der Waals surface area contributed by atoms with Crippen molar-refractivity contribution in [2.75, 3.05) is 0 Å². The normalized spacial score (nSPS) is 21.7. The third-order valence-electron chi connectivity index (χ3n) is 5.19. The zero-order valence-corrected chi connectivity index (χ0v) is 13.2. The van der Waals surface area contributed by atoms with Gasteiger partial charge in [0.1, 0.15) is 11.6 Å². The number of allylic oxidation sites excluding steroid dienone is 2. The van der Waals surface area contributed by atoms with Crippen molar-refractivity contribution in [3.8, 4) is 0 Å². The number of halogens is 2. The molecule has 2 aromatic rings.